The Balaban J connectivity index is 2.68. The number of hydrogen-bond donors (Lipinski definition) is 3. The Labute approximate surface area is 101 Å². The van der Waals surface area contributed by atoms with Crippen molar-refractivity contribution in [2.75, 3.05) is 5.32 Å². The molecule has 1 rings (SSSR count). The van der Waals surface area contributed by atoms with E-state index in [9.17, 15) is 9.90 Å². The van der Waals surface area contributed by atoms with Gasteiger partial charge in [0.1, 0.15) is 5.75 Å². The Bertz CT molecular complexity index is 415. The third-order valence-electron chi connectivity index (χ3n) is 2.74. The van der Waals surface area contributed by atoms with Crippen molar-refractivity contribution in [3.63, 3.8) is 0 Å². The smallest absolute Gasteiger partial charge is 0.303 e. The monoisotopic (exact) mass is 237 g/mol. The van der Waals surface area contributed by atoms with Crippen molar-refractivity contribution in [1.29, 1.82) is 0 Å². The maximum absolute atomic E-state index is 10.5. The molecule has 0 aromatic heterocycles. The van der Waals surface area contributed by atoms with Gasteiger partial charge in [-0.05, 0) is 50.5 Å². The number of carboxylic acid groups (broad SMARTS) is 1. The van der Waals surface area contributed by atoms with Gasteiger partial charge in [-0.2, -0.15) is 0 Å². The number of phenolic OH excluding ortho intramolecular Hbond substituents is 1. The number of rotatable bonds is 5. The summed E-state index contributed by atoms with van der Waals surface area (Å²) in [5, 5.41) is 21.4. The number of aromatic hydroxyl groups is 1. The number of phenols is 1. The summed E-state index contributed by atoms with van der Waals surface area (Å²) in [4.78, 5) is 10.5. The predicted molar refractivity (Wildman–Crippen MR) is 67.5 cm³/mol. The molecule has 0 bridgehead atoms. The molecule has 4 nitrogen and oxygen atoms in total. The highest BCUT2D eigenvalue weighted by atomic mass is 16.4. The van der Waals surface area contributed by atoms with Gasteiger partial charge in [-0.25, -0.2) is 0 Å². The molecule has 0 radical (unpaired) electrons. The largest absolute Gasteiger partial charge is 0.508 e. The quantitative estimate of drug-likeness (QED) is 0.689. The number of benzene rings is 1. The Kier molecular flexibility index (Phi) is 4.37. The highest BCUT2D eigenvalue weighted by Crippen LogP contribution is 2.25. The van der Waals surface area contributed by atoms with Crippen LogP contribution in [0.15, 0.2) is 12.1 Å². The predicted octanol–water partition coefficient (Wildman–Crippen LogP) is 2.67. The van der Waals surface area contributed by atoms with Crippen LogP contribution < -0.4 is 5.32 Å². The number of nitrogens with one attached hydrogen (secondary N) is 1. The van der Waals surface area contributed by atoms with E-state index in [0.29, 0.717) is 6.42 Å². The van der Waals surface area contributed by atoms with E-state index in [1.165, 1.54) is 0 Å². The zero-order valence-electron chi connectivity index (χ0n) is 10.4. The van der Waals surface area contributed by atoms with Gasteiger partial charge in [-0.1, -0.05) is 0 Å². The van der Waals surface area contributed by atoms with Crippen molar-refractivity contribution in [3.8, 4) is 5.75 Å². The van der Waals surface area contributed by atoms with E-state index in [4.69, 9.17) is 5.11 Å². The first-order chi connectivity index (χ1) is 7.90. The number of carbonyl (C=O) groups is 1. The molecule has 0 fully saturated rings. The average Bonchev–Trinajstić information content (AvgIpc) is 2.23. The van der Waals surface area contributed by atoms with E-state index in [1.54, 1.807) is 6.07 Å². The number of aliphatic carboxylic acids is 1. The third kappa shape index (κ3) is 3.98. The molecule has 4 heteroatoms. The number of anilines is 1. The SMILES string of the molecule is Cc1cc(NC(C)CCC(=O)O)c(C)cc1O. The number of carboxylic acids is 1. The molecule has 3 N–H and O–H groups in total. The summed E-state index contributed by atoms with van der Waals surface area (Å²) < 4.78 is 0. The van der Waals surface area contributed by atoms with Gasteiger partial charge < -0.3 is 15.5 Å². The van der Waals surface area contributed by atoms with Crippen LogP contribution >= 0.6 is 0 Å². The van der Waals surface area contributed by atoms with Gasteiger partial charge in [0.15, 0.2) is 0 Å². The lowest BCUT2D eigenvalue weighted by Crippen LogP contribution is -2.17. The minimum atomic E-state index is -0.780. The molecule has 0 aliphatic rings. The standard InChI is InChI=1S/C13H19NO3/c1-8-7-12(15)9(2)6-11(8)14-10(3)4-5-13(16)17/h6-7,10,14-15H,4-5H2,1-3H3,(H,16,17). The van der Waals surface area contributed by atoms with E-state index in [2.05, 4.69) is 5.32 Å². The lowest BCUT2D eigenvalue weighted by Gasteiger charge is -2.17. The molecule has 1 aromatic carbocycles. The fourth-order valence-electron chi connectivity index (χ4n) is 1.63. The molecule has 17 heavy (non-hydrogen) atoms. The first-order valence-electron chi connectivity index (χ1n) is 5.68. The summed E-state index contributed by atoms with van der Waals surface area (Å²) in [6.07, 6.45) is 0.735. The molecule has 0 amide bonds. The Morgan fingerprint density at radius 1 is 1.35 bits per heavy atom. The summed E-state index contributed by atoms with van der Waals surface area (Å²) in [5.41, 5.74) is 2.71. The highest BCUT2D eigenvalue weighted by Gasteiger charge is 2.08. The molecule has 1 unspecified atom stereocenters. The van der Waals surface area contributed by atoms with Gasteiger partial charge in [0, 0.05) is 18.2 Å². The summed E-state index contributed by atoms with van der Waals surface area (Å²) in [6, 6.07) is 3.68. The zero-order chi connectivity index (χ0) is 13.0. The Morgan fingerprint density at radius 2 is 2.00 bits per heavy atom. The van der Waals surface area contributed by atoms with Crippen molar-refractivity contribution in [3.05, 3.63) is 23.3 Å². The molecule has 94 valence electrons. The van der Waals surface area contributed by atoms with Crippen molar-refractivity contribution in [2.24, 2.45) is 0 Å². The molecule has 0 heterocycles. The molecular formula is C13H19NO3. The van der Waals surface area contributed by atoms with E-state index < -0.39 is 5.97 Å². The van der Waals surface area contributed by atoms with Crippen LogP contribution in [-0.4, -0.2) is 22.2 Å². The molecule has 0 saturated heterocycles. The molecule has 1 atom stereocenters. The minimum Gasteiger partial charge on any atom is -0.508 e. The van der Waals surface area contributed by atoms with Crippen molar-refractivity contribution < 1.29 is 15.0 Å². The van der Waals surface area contributed by atoms with Gasteiger partial charge in [0.25, 0.3) is 0 Å². The van der Waals surface area contributed by atoms with Crippen LogP contribution in [0.4, 0.5) is 5.69 Å². The maximum atomic E-state index is 10.5. The zero-order valence-corrected chi connectivity index (χ0v) is 10.4. The van der Waals surface area contributed by atoms with Gasteiger partial charge in [0.2, 0.25) is 0 Å². The van der Waals surface area contributed by atoms with Crippen molar-refractivity contribution >= 4 is 11.7 Å². The lowest BCUT2D eigenvalue weighted by molar-refractivity contribution is -0.137. The van der Waals surface area contributed by atoms with Crippen LogP contribution in [0.2, 0.25) is 0 Å². The van der Waals surface area contributed by atoms with Crippen LogP contribution in [0.25, 0.3) is 0 Å². The molecule has 0 aliphatic carbocycles. The summed E-state index contributed by atoms with van der Waals surface area (Å²) in [6.45, 7) is 5.69. The van der Waals surface area contributed by atoms with E-state index in [-0.39, 0.29) is 18.2 Å². The molecular weight excluding hydrogens is 218 g/mol. The Hall–Kier alpha value is -1.71. The summed E-state index contributed by atoms with van der Waals surface area (Å²) >= 11 is 0. The molecule has 0 spiro atoms. The van der Waals surface area contributed by atoms with Crippen LogP contribution in [-0.2, 0) is 4.79 Å². The highest BCUT2D eigenvalue weighted by molar-refractivity contribution is 5.66. The fraction of sp³-hybridized carbons (Fsp3) is 0.462. The molecule has 0 aliphatic heterocycles. The Morgan fingerprint density at radius 3 is 2.59 bits per heavy atom. The van der Waals surface area contributed by atoms with Gasteiger partial charge in [-0.3, -0.25) is 4.79 Å². The van der Waals surface area contributed by atoms with Crippen LogP contribution in [0.1, 0.15) is 30.9 Å². The number of aryl methyl sites for hydroxylation is 2. The summed E-state index contributed by atoms with van der Waals surface area (Å²) in [5.74, 6) is -0.497. The van der Waals surface area contributed by atoms with Crippen molar-refractivity contribution in [2.45, 2.75) is 39.7 Å². The molecule has 0 saturated carbocycles. The van der Waals surface area contributed by atoms with E-state index >= 15 is 0 Å². The lowest BCUT2D eigenvalue weighted by atomic mass is 10.1. The topological polar surface area (TPSA) is 69.6 Å². The van der Waals surface area contributed by atoms with Crippen LogP contribution in [0.3, 0.4) is 0 Å². The van der Waals surface area contributed by atoms with E-state index in [1.807, 2.05) is 26.8 Å². The second-order valence-electron chi connectivity index (χ2n) is 4.43. The van der Waals surface area contributed by atoms with Gasteiger partial charge in [0.05, 0.1) is 0 Å². The average molecular weight is 237 g/mol. The van der Waals surface area contributed by atoms with Gasteiger partial charge in [-0.15, -0.1) is 0 Å². The normalized spacial score (nSPS) is 12.2. The van der Waals surface area contributed by atoms with Crippen molar-refractivity contribution in [1.82, 2.24) is 0 Å². The second kappa shape index (κ2) is 5.57. The summed E-state index contributed by atoms with van der Waals surface area (Å²) in [7, 11) is 0. The second-order valence-corrected chi connectivity index (χ2v) is 4.43. The first kappa shape index (κ1) is 13.4. The van der Waals surface area contributed by atoms with Crippen LogP contribution in [0, 0.1) is 13.8 Å². The van der Waals surface area contributed by atoms with Crippen LogP contribution in [0.5, 0.6) is 5.75 Å². The fourth-order valence-corrected chi connectivity index (χ4v) is 1.63. The first-order valence-corrected chi connectivity index (χ1v) is 5.68. The van der Waals surface area contributed by atoms with E-state index in [0.717, 1.165) is 16.8 Å². The number of hydrogen-bond acceptors (Lipinski definition) is 3. The minimum absolute atomic E-state index is 0.0914. The molecule has 1 aromatic rings. The van der Waals surface area contributed by atoms with Gasteiger partial charge >= 0.3 is 5.97 Å². The maximum Gasteiger partial charge on any atom is 0.303 e. The third-order valence-corrected chi connectivity index (χ3v) is 2.74.